The van der Waals surface area contributed by atoms with Crippen molar-refractivity contribution in [1.82, 2.24) is 15.8 Å². The van der Waals surface area contributed by atoms with Crippen molar-refractivity contribution >= 4 is 23.8 Å². The predicted octanol–water partition coefficient (Wildman–Crippen LogP) is 1.86. The molecule has 0 radical (unpaired) electrons. The summed E-state index contributed by atoms with van der Waals surface area (Å²) >= 11 is 0. The number of carbonyl (C=O) groups is 4. The third-order valence-corrected chi connectivity index (χ3v) is 5.16. The summed E-state index contributed by atoms with van der Waals surface area (Å²) in [6.45, 7) is 1.07. The topological polar surface area (TPSA) is 105 Å². The second kappa shape index (κ2) is 8.89. The summed E-state index contributed by atoms with van der Waals surface area (Å²) < 4.78 is 4.95. The van der Waals surface area contributed by atoms with Crippen LogP contribution in [-0.2, 0) is 25.5 Å². The first-order valence-electron chi connectivity index (χ1n) is 9.70. The number of hydrogen-bond donors (Lipinski definition) is 2. The number of carbonyl (C=O) groups excluding carboxylic acids is 4. The van der Waals surface area contributed by atoms with Gasteiger partial charge in [0.15, 0.2) is 6.61 Å². The third kappa shape index (κ3) is 5.22. The van der Waals surface area contributed by atoms with Crippen LogP contribution in [0.2, 0.25) is 0 Å². The molecule has 1 aliphatic heterocycles. The number of allylic oxidation sites excluding steroid dienone is 2. The van der Waals surface area contributed by atoms with Crippen molar-refractivity contribution in [2.75, 3.05) is 6.61 Å². The van der Waals surface area contributed by atoms with Gasteiger partial charge in [-0.1, -0.05) is 42.5 Å². The lowest BCUT2D eigenvalue weighted by molar-refractivity contribution is -0.151. The highest BCUT2D eigenvalue weighted by molar-refractivity contribution is 6.07. The highest BCUT2D eigenvalue weighted by Gasteiger charge is 2.48. The Kier molecular flexibility index (Phi) is 6.31. The first-order chi connectivity index (χ1) is 13.9. The van der Waals surface area contributed by atoms with E-state index in [0.717, 1.165) is 18.4 Å². The molecule has 29 heavy (non-hydrogen) atoms. The smallest absolute Gasteiger partial charge is 0.344 e. The van der Waals surface area contributed by atoms with E-state index in [2.05, 4.69) is 10.7 Å². The van der Waals surface area contributed by atoms with Gasteiger partial charge >= 0.3 is 12.0 Å². The minimum Gasteiger partial charge on any atom is -0.455 e. The molecule has 2 atom stereocenters. The number of benzene rings is 1. The second-order valence-electron chi connectivity index (χ2n) is 7.55. The zero-order valence-corrected chi connectivity index (χ0v) is 16.3. The van der Waals surface area contributed by atoms with E-state index in [9.17, 15) is 19.2 Å². The van der Waals surface area contributed by atoms with Gasteiger partial charge in [-0.05, 0) is 44.1 Å². The number of nitrogens with zero attached hydrogens (tertiary/aromatic N) is 1. The molecule has 8 heteroatoms. The summed E-state index contributed by atoms with van der Waals surface area (Å²) in [5.74, 6) is -1.63. The van der Waals surface area contributed by atoms with E-state index in [1.54, 1.807) is 6.92 Å². The SMILES string of the molecule is C[C@]1(CCc2ccccc2)NC(=O)N(NC(=O)COC(=O)C[C@H]2C=CCC2)C1=O. The van der Waals surface area contributed by atoms with Crippen molar-refractivity contribution < 1.29 is 23.9 Å². The van der Waals surface area contributed by atoms with E-state index in [1.807, 2.05) is 42.5 Å². The lowest BCUT2D eigenvalue weighted by Gasteiger charge is -2.21. The van der Waals surface area contributed by atoms with Gasteiger partial charge < -0.3 is 10.1 Å². The summed E-state index contributed by atoms with van der Waals surface area (Å²) in [7, 11) is 0. The van der Waals surface area contributed by atoms with E-state index in [0.29, 0.717) is 17.9 Å². The Labute approximate surface area is 169 Å². The van der Waals surface area contributed by atoms with Gasteiger partial charge in [0.25, 0.3) is 11.8 Å². The number of aryl methyl sites for hydroxylation is 1. The fourth-order valence-corrected chi connectivity index (χ4v) is 3.44. The Balaban J connectivity index is 1.47. The van der Waals surface area contributed by atoms with E-state index < -0.39 is 36.0 Å². The van der Waals surface area contributed by atoms with Gasteiger partial charge in [0, 0.05) is 0 Å². The van der Waals surface area contributed by atoms with Gasteiger partial charge in [-0.2, -0.15) is 5.01 Å². The van der Waals surface area contributed by atoms with Gasteiger partial charge in [-0.3, -0.25) is 19.8 Å². The van der Waals surface area contributed by atoms with E-state index >= 15 is 0 Å². The maximum Gasteiger partial charge on any atom is 0.344 e. The van der Waals surface area contributed by atoms with Crippen LogP contribution >= 0.6 is 0 Å². The van der Waals surface area contributed by atoms with Gasteiger partial charge in [-0.15, -0.1) is 0 Å². The number of nitrogens with one attached hydrogen (secondary N) is 2. The summed E-state index contributed by atoms with van der Waals surface area (Å²) in [5.41, 5.74) is 2.15. The van der Waals surface area contributed by atoms with Crippen LogP contribution in [-0.4, -0.2) is 41.0 Å². The highest BCUT2D eigenvalue weighted by atomic mass is 16.5. The first-order valence-corrected chi connectivity index (χ1v) is 9.70. The number of imide groups is 1. The predicted molar refractivity (Wildman–Crippen MR) is 104 cm³/mol. The van der Waals surface area contributed by atoms with Crippen molar-refractivity contribution in [2.45, 2.75) is 44.6 Å². The summed E-state index contributed by atoms with van der Waals surface area (Å²) in [6, 6.07) is 8.90. The monoisotopic (exact) mass is 399 g/mol. The molecule has 2 N–H and O–H groups in total. The van der Waals surface area contributed by atoms with Gasteiger partial charge in [0.1, 0.15) is 5.54 Å². The van der Waals surface area contributed by atoms with Gasteiger partial charge in [0.2, 0.25) is 0 Å². The average molecular weight is 399 g/mol. The molecule has 2 aliphatic rings. The molecular weight excluding hydrogens is 374 g/mol. The molecule has 4 amide bonds. The number of amides is 4. The molecule has 1 aliphatic carbocycles. The van der Waals surface area contributed by atoms with Crippen molar-refractivity contribution in [2.24, 2.45) is 5.92 Å². The van der Waals surface area contributed by atoms with Crippen molar-refractivity contribution in [3.63, 3.8) is 0 Å². The Morgan fingerprint density at radius 3 is 2.72 bits per heavy atom. The fourth-order valence-electron chi connectivity index (χ4n) is 3.44. The zero-order valence-electron chi connectivity index (χ0n) is 16.3. The van der Waals surface area contributed by atoms with Crippen LogP contribution in [0.5, 0.6) is 0 Å². The largest absolute Gasteiger partial charge is 0.455 e. The number of hydrazine groups is 1. The van der Waals surface area contributed by atoms with E-state index in [1.165, 1.54) is 0 Å². The molecule has 154 valence electrons. The normalized spacial score (nSPS) is 23.2. The van der Waals surface area contributed by atoms with Crippen LogP contribution in [0, 0.1) is 5.92 Å². The quantitative estimate of drug-likeness (QED) is 0.394. The molecule has 3 rings (SSSR count). The van der Waals surface area contributed by atoms with Crippen molar-refractivity contribution in [3.8, 4) is 0 Å². The highest BCUT2D eigenvalue weighted by Crippen LogP contribution is 2.22. The molecule has 1 heterocycles. The third-order valence-electron chi connectivity index (χ3n) is 5.16. The van der Waals surface area contributed by atoms with Crippen LogP contribution < -0.4 is 10.7 Å². The molecule has 0 bridgehead atoms. The Morgan fingerprint density at radius 2 is 2.03 bits per heavy atom. The maximum absolute atomic E-state index is 12.7. The molecule has 8 nitrogen and oxygen atoms in total. The molecule has 1 fully saturated rings. The molecule has 1 aromatic carbocycles. The first kappa shape index (κ1) is 20.6. The lowest BCUT2D eigenvalue weighted by Crippen LogP contribution is -2.50. The number of esters is 1. The minimum absolute atomic E-state index is 0.141. The Morgan fingerprint density at radius 1 is 1.28 bits per heavy atom. The van der Waals surface area contributed by atoms with Gasteiger partial charge in [-0.25, -0.2) is 4.79 Å². The van der Waals surface area contributed by atoms with E-state index in [4.69, 9.17) is 4.74 Å². The maximum atomic E-state index is 12.7. The zero-order chi connectivity index (χ0) is 20.9. The summed E-state index contributed by atoms with van der Waals surface area (Å²) in [6.07, 6.45) is 7.00. The van der Waals surface area contributed by atoms with Crippen LogP contribution in [0.15, 0.2) is 42.5 Å². The minimum atomic E-state index is -1.12. The molecule has 0 spiro atoms. The summed E-state index contributed by atoms with van der Waals surface area (Å²) in [5, 5.41) is 3.28. The summed E-state index contributed by atoms with van der Waals surface area (Å²) in [4.78, 5) is 48.7. The molecular formula is C21H25N3O5. The second-order valence-corrected chi connectivity index (χ2v) is 7.55. The Bertz CT molecular complexity index is 823. The number of rotatable bonds is 8. The molecule has 0 aromatic heterocycles. The molecule has 0 unspecified atom stereocenters. The van der Waals surface area contributed by atoms with Crippen molar-refractivity contribution in [1.29, 1.82) is 0 Å². The fraction of sp³-hybridized carbons (Fsp3) is 0.429. The standard InChI is InChI=1S/C21H25N3O5/c1-21(12-11-15-7-3-2-4-8-15)19(27)24(20(28)22-21)23-17(25)14-29-18(26)13-16-9-5-6-10-16/h2-5,7-9,16H,6,10-14H2,1H3,(H,22,28)(H,23,25)/t16-,21+/m0/s1. The van der Waals surface area contributed by atoms with Gasteiger partial charge in [0.05, 0.1) is 6.42 Å². The van der Waals surface area contributed by atoms with Crippen LogP contribution in [0.4, 0.5) is 4.79 Å². The number of hydrogen-bond acceptors (Lipinski definition) is 5. The molecule has 1 aromatic rings. The van der Waals surface area contributed by atoms with Crippen LogP contribution in [0.3, 0.4) is 0 Å². The van der Waals surface area contributed by atoms with Crippen molar-refractivity contribution in [3.05, 3.63) is 48.0 Å². The number of urea groups is 1. The molecule has 1 saturated heterocycles. The lowest BCUT2D eigenvalue weighted by atomic mass is 9.93. The average Bonchev–Trinajstić information content (AvgIpc) is 3.28. The van der Waals surface area contributed by atoms with Crippen LogP contribution in [0.1, 0.15) is 38.2 Å². The molecule has 0 saturated carbocycles. The number of ether oxygens (including phenoxy) is 1. The Hall–Kier alpha value is -3.16. The van der Waals surface area contributed by atoms with E-state index in [-0.39, 0.29) is 12.3 Å². The van der Waals surface area contributed by atoms with Crippen LogP contribution in [0.25, 0.3) is 0 Å².